The molecule has 0 bridgehead atoms. The van der Waals surface area contributed by atoms with Crippen LogP contribution in [0.3, 0.4) is 0 Å². The molecule has 1 aromatic heterocycles. The van der Waals surface area contributed by atoms with Crippen LogP contribution in [0, 0.1) is 0 Å². The number of hydrogen-bond donors (Lipinski definition) is 0. The predicted molar refractivity (Wildman–Crippen MR) is 94.6 cm³/mol. The molecule has 1 aromatic rings. The Hall–Kier alpha value is -1.17. The minimum Gasteiger partial charge on any atom is -1.00 e. The number of ether oxygens (including phenoxy) is 3. The number of quaternary nitrogens is 1. The van der Waals surface area contributed by atoms with Gasteiger partial charge < -0.3 is 24.0 Å². The van der Waals surface area contributed by atoms with Crippen molar-refractivity contribution in [2.45, 2.75) is 26.3 Å². The van der Waals surface area contributed by atoms with E-state index in [1.54, 1.807) is 13.8 Å². The molecule has 11 heteroatoms. The summed E-state index contributed by atoms with van der Waals surface area (Å²) in [5, 5.41) is 0. The summed E-state index contributed by atoms with van der Waals surface area (Å²) in [4.78, 5) is 40.0. The van der Waals surface area contributed by atoms with E-state index in [0.717, 1.165) is 0 Å². The molecule has 0 saturated carbocycles. The third kappa shape index (κ3) is 7.76. The predicted octanol–water partition coefficient (Wildman–Crippen LogP) is -2.83. The van der Waals surface area contributed by atoms with Crippen LogP contribution in [0.4, 0.5) is 9.59 Å². The van der Waals surface area contributed by atoms with Crippen LogP contribution in [0.15, 0.2) is 6.20 Å². The number of carbonyl (C=O) groups is 3. The molecule has 0 fully saturated rings. The number of hydrogen-bond acceptors (Lipinski definition) is 7. The van der Waals surface area contributed by atoms with Crippen LogP contribution in [0.2, 0.25) is 0 Å². The first-order valence-electron chi connectivity index (χ1n) is 8.12. The number of halogens is 1. The summed E-state index contributed by atoms with van der Waals surface area (Å²) in [6.45, 7) is 3.84. The molecular formula is C16H26IN3O6Se. The number of nitrogens with zero attached hydrogens (tertiary/aromatic N) is 3. The standard InChI is InChI=1S/C16H26N3O6Se.HI/c1-7-24-15(21)18-10-11(17-14(18)26-16(22)25-8-2)9-12(13(20)23-6)19(3,4)5;/h10,12H,7-9H2,1-6H3;1H/q+1;/p-1/t12-;/m0./s1. The fraction of sp³-hybridized carbons (Fsp3) is 0.625. The summed E-state index contributed by atoms with van der Waals surface area (Å²) in [7, 11) is 6.94. The second kappa shape index (κ2) is 11.6. The van der Waals surface area contributed by atoms with E-state index in [0.29, 0.717) is 10.2 Å². The van der Waals surface area contributed by atoms with E-state index in [2.05, 4.69) is 4.98 Å². The SMILES string of the molecule is CCOC(=O)[Se]c1nc(C[C@@H](C(=O)OC)[N+](C)(C)C)cn1C(=O)OCC.[I-]. The molecule has 1 heterocycles. The van der Waals surface area contributed by atoms with Gasteiger partial charge >= 0.3 is 159 Å². The average molecular weight is 562 g/mol. The number of imidazole rings is 1. The summed E-state index contributed by atoms with van der Waals surface area (Å²) in [6.07, 6.45) is 1.14. The molecule has 0 amide bonds. The second-order valence-electron chi connectivity index (χ2n) is 6.23. The molecule has 0 aliphatic heterocycles. The van der Waals surface area contributed by atoms with Gasteiger partial charge in [-0.05, 0) is 0 Å². The molecule has 0 spiro atoms. The summed E-state index contributed by atoms with van der Waals surface area (Å²) >= 11 is -0.807. The van der Waals surface area contributed by atoms with Crippen LogP contribution in [-0.2, 0) is 25.4 Å². The van der Waals surface area contributed by atoms with Gasteiger partial charge in [-0.1, -0.05) is 0 Å². The van der Waals surface area contributed by atoms with Crippen molar-refractivity contribution in [3.05, 3.63) is 11.9 Å². The Labute approximate surface area is 182 Å². The van der Waals surface area contributed by atoms with Crippen molar-refractivity contribution in [1.82, 2.24) is 9.55 Å². The minimum atomic E-state index is -0.807. The van der Waals surface area contributed by atoms with E-state index in [9.17, 15) is 14.4 Å². The van der Waals surface area contributed by atoms with Crippen molar-refractivity contribution in [3.63, 3.8) is 0 Å². The molecule has 0 N–H and O–H groups in total. The van der Waals surface area contributed by atoms with Gasteiger partial charge in [0.2, 0.25) is 0 Å². The molecule has 154 valence electrons. The third-order valence-electron chi connectivity index (χ3n) is 3.44. The zero-order valence-corrected chi connectivity index (χ0v) is 20.2. The number of esters is 1. The van der Waals surface area contributed by atoms with E-state index >= 15 is 0 Å². The molecular weight excluding hydrogens is 536 g/mol. The van der Waals surface area contributed by atoms with E-state index in [1.165, 1.54) is 17.9 Å². The zero-order valence-electron chi connectivity index (χ0n) is 16.4. The van der Waals surface area contributed by atoms with Crippen LogP contribution in [0.25, 0.3) is 0 Å². The van der Waals surface area contributed by atoms with Crippen molar-refractivity contribution in [2.75, 3.05) is 41.5 Å². The second-order valence-corrected chi connectivity index (χ2v) is 8.12. The number of carbonyl (C=O) groups excluding carboxylic acids is 3. The Bertz CT molecular complexity index is 659. The smallest absolute Gasteiger partial charge is 1.00 e. The Morgan fingerprint density at radius 2 is 1.78 bits per heavy atom. The van der Waals surface area contributed by atoms with Crippen molar-refractivity contribution < 1.29 is 57.1 Å². The normalized spacial score (nSPS) is 11.9. The van der Waals surface area contributed by atoms with Gasteiger partial charge in [0, 0.05) is 0 Å². The largest absolute Gasteiger partial charge is 1.00 e. The third-order valence-corrected chi connectivity index (χ3v) is 5.02. The van der Waals surface area contributed by atoms with Crippen LogP contribution >= 0.6 is 0 Å². The molecule has 0 aromatic carbocycles. The van der Waals surface area contributed by atoms with Gasteiger partial charge in [-0.3, -0.25) is 0 Å². The molecule has 0 saturated heterocycles. The molecule has 1 atom stereocenters. The Morgan fingerprint density at radius 1 is 1.19 bits per heavy atom. The Balaban J connectivity index is 0.00000676. The average Bonchev–Trinajstić information content (AvgIpc) is 2.94. The van der Waals surface area contributed by atoms with E-state index in [1.807, 2.05) is 21.1 Å². The van der Waals surface area contributed by atoms with Gasteiger partial charge in [-0.2, -0.15) is 0 Å². The molecule has 9 nitrogen and oxygen atoms in total. The van der Waals surface area contributed by atoms with Crippen molar-refractivity contribution in [1.29, 1.82) is 0 Å². The molecule has 0 aliphatic rings. The number of likely N-dealkylation sites (N-methyl/N-ethyl adjacent to an activating group) is 1. The zero-order chi connectivity index (χ0) is 19.9. The van der Waals surface area contributed by atoms with Crippen molar-refractivity contribution >= 4 is 36.6 Å². The number of rotatable bonds is 8. The molecule has 1 rings (SSSR count). The van der Waals surface area contributed by atoms with Gasteiger partial charge in [0.1, 0.15) is 0 Å². The van der Waals surface area contributed by atoms with E-state index in [-0.39, 0.29) is 54.3 Å². The molecule has 0 aliphatic carbocycles. The van der Waals surface area contributed by atoms with Gasteiger partial charge in [-0.15, -0.1) is 0 Å². The molecule has 0 radical (unpaired) electrons. The first-order chi connectivity index (χ1) is 12.1. The Kier molecular flexibility index (Phi) is 11.1. The van der Waals surface area contributed by atoms with Crippen molar-refractivity contribution in [3.8, 4) is 0 Å². The van der Waals surface area contributed by atoms with Gasteiger partial charge in [0.25, 0.3) is 0 Å². The maximum Gasteiger partial charge on any atom is -1.00 e. The van der Waals surface area contributed by atoms with Crippen LogP contribution in [0.1, 0.15) is 19.5 Å². The van der Waals surface area contributed by atoms with E-state index in [4.69, 9.17) is 14.2 Å². The van der Waals surface area contributed by atoms with Crippen LogP contribution in [-0.4, -0.2) is 93.4 Å². The van der Waals surface area contributed by atoms with Crippen LogP contribution in [0.5, 0.6) is 0 Å². The fourth-order valence-corrected chi connectivity index (χ4v) is 3.63. The number of aromatic nitrogens is 2. The van der Waals surface area contributed by atoms with Gasteiger partial charge in [0.05, 0.1) is 0 Å². The Morgan fingerprint density at radius 3 is 2.26 bits per heavy atom. The summed E-state index contributed by atoms with van der Waals surface area (Å²) in [5.41, 5.74) is 0.502. The first kappa shape index (κ1) is 25.8. The summed E-state index contributed by atoms with van der Waals surface area (Å²) < 4.78 is 16.6. The minimum absolute atomic E-state index is 0. The summed E-state index contributed by atoms with van der Waals surface area (Å²) in [6, 6.07) is -0.506. The first-order valence-corrected chi connectivity index (χ1v) is 9.84. The fourth-order valence-electron chi connectivity index (χ4n) is 2.13. The van der Waals surface area contributed by atoms with E-state index < -0.39 is 32.0 Å². The van der Waals surface area contributed by atoms with Crippen molar-refractivity contribution in [2.24, 2.45) is 0 Å². The molecule has 0 unspecified atom stereocenters. The topological polar surface area (TPSA) is 96.7 Å². The summed E-state index contributed by atoms with van der Waals surface area (Å²) in [5.74, 6) is -0.374. The maximum absolute atomic E-state index is 12.2. The van der Waals surface area contributed by atoms with Gasteiger partial charge in [0.15, 0.2) is 0 Å². The number of methoxy groups -OCH3 is 1. The van der Waals surface area contributed by atoms with Crippen LogP contribution < -0.4 is 28.7 Å². The monoisotopic (exact) mass is 563 g/mol. The maximum atomic E-state index is 12.2. The quantitative estimate of drug-likeness (QED) is 0.111. The van der Waals surface area contributed by atoms with Gasteiger partial charge in [-0.25, -0.2) is 0 Å². The molecule has 27 heavy (non-hydrogen) atoms.